The summed E-state index contributed by atoms with van der Waals surface area (Å²) >= 11 is 3.59. The average Bonchev–Trinajstić information content (AvgIpc) is 2.28. The van der Waals surface area contributed by atoms with Gasteiger partial charge in [-0.3, -0.25) is 4.79 Å². The molecule has 0 heterocycles. The lowest BCUT2D eigenvalue weighted by atomic mass is 10.1. The van der Waals surface area contributed by atoms with E-state index in [1.807, 2.05) is 28.8 Å². The van der Waals surface area contributed by atoms with Crippen LogP contribution < -0.4 is 5.32 Å². The van der Waals surface area contributed by atoms with Crippen molar-refractivity contribution in [3.05, 3.63) is 32.9 Å². The molecule has 2 N–H and O–H groups in total. The molecule has 1 amide bonds. The molecule has 0 fully saturated rings. The van der Waals surface area contributed by atoms with Gasteiger partial charge in [-0.15, -0.1) is 0 Å². The van der Waals surface area contributed by atoms with E-state index in [2.05, 4.69) is 5.32 Å². The Bertz CT molecular complexity index is 437. The summed E-state index contributed by atoms with van der Waals surface area (Å²) in [7, 11) is 0. The summed E-state index contributed by atoms with van der Waals surface area (Å²) in [6, 6.07) is 4.79. The van der Waals surface area contributed by atoms with E-state index in [9.17, 15) is 9.59 Å². The number of thioether (sulfide) groups is 1. The molecule has 6 heteroatoms. The van der Waals surface area contributed by atoms with Gasteiger partial charge in [0.2, 0.25) is 0 Å². The predicted octanol–water partition coefficient (Wildman–Crippen LogP) is 2.08. The molecule has 0 saturated carbocycles. The van der Waals surface area contributed by atoms with E-state index in [0.717, 1.165) is 5.75 Å². The number of hydrogen-bond donors (Lipinski definition) is 2. The Labute approximate surface area is 117 Å². The fourth-order valence-electron chi connectivity index (χ4n) is 1.29. The molecule has 0 aliphatic carbocycles. The van der Waals surface area contributed by atoms with Gasteiger partial charge in [0.25, 0.3) is 5.91 Å². The summed E-state index contributed by atoms with van der Waals surface area (Å²) in [5.41, 5.74) is 0.278. The zero-order chi connectivity index (χ0) is 12.8. The number of benzene rings is 1. The molecule has 0 bridgehead atoms. The van der Waals surface area contributed by atoms with E-state index < -0.39 is 5.97 Å². The normalized spacial score (nSPS) is 10.0. The summed E-state index contributed by atoms with van der Waals surface area (Å²) in [5.74, 6) is -0.614. The molecule has 17 heavy (non-hydrogen) atoms. The number of hydrogen-bond acceptors (Lipinski definition) is 3. The third kappa shape index (κ3) is 3.88. The molecule has 1 rings (SSSR count). The summed E-state index contributed by atoms with van der Waals surface area (Å²) in [5, 5.41) is 11.7. The second-order valence-electron chi connectivity index (χ2n) is 3.22. The highest BCUT2D eigenvalue weighted by molar-refractivity contribution is 14.1. The lowest BCUT2D eigenvalue weighted by Crippen LogP contribution is -2.28. The van der Waals surface area contributed by atoms with Crippen LogP contribution in [0.2, 0.25) is 0 Å². The van der Waals surface area contributed by atoms with E-state index in [1.165, 1.54) is 6.07 Å². The van der Waals surface area contributed by atoms with Crippen LogP contribution in [-0.2, 0) is 0 Å². The van der Waals surface area contributed by atoms with Crippen molar-refractivity contribution in [2.24, 2.45) is 0 Å². The van der Waals surface area contributed by atoms with Crippen molar-refractivity contribution in [3.63, 3.8) is 0 Å². The first-order valence-corrected chi connectivity index (χ1v) is 7.34. The van der Waals surface area contributed by atoms with Gasteiger partial charge in [-0.1, -0.05) is 6.07 Å². The molecule has 0 aromatic heterocycles. The highest BCUT2D eigenvalue weighted by atomic mass is 127. The van der Waals surface area contributed by atoms with Crippen LogP contribution in [0.1, 0.15) is 20.7 Å². The summed E-state index contributed by atoms with van der Waals surface area (Å²) in [4.78, 5) is 22.9. The van der Waals surface area contributed by atoms with Crippen LogP contribution in [0.4, 0.5) is 0 Å². The van der Waals surface area contributed by atoms with Crippen LogP contribution in [0.15, 0.2) is 18.2 Å². The summed E-state index contributed by atoms with van der Waals surface area (Å²) < 4.78 is 0.643. The Morgan fingerprint density at radius 1 is 1.47 bits per heavy atom. The maximum atomic E-state index is 11.9. The molecule has 92 valence electrons. The molecule has 0 aliphatic heterocycles. The standard InChI is InChI=1S/C11H12INO3S/c1-17-6-5-13-10(14)9-7(11(15)16)3-2-4-8(9)12/h2-4H,5-6H2,1H3,(H,13,14)(H,15,16). The van der Waals surface area contributed by atoms with E-state index in [4.69, 9.17) is 5.11 Å². The third-order valence-corrected chi connectivity index (χ3v) is 3.57. The van der Waals surface area contributed by atoms with Gasteiger partial charge in [0.1, 0.15) is 0 Å². The minimum atomic E-state index is -1.08. The van der Waals surface area contributed by atoms with Gasteiger partial charge >= 0.3 is 5.97 Å². The van der Waals surface area contributed by atoms with Gasteiger partial charge in [-0.2, -0.15) is 11.8 Å². The van der Waals surface area contributed by atoms with Crippen LogP contribution >= 0.6 is 34.4 Å². The number of halogens is 1. The van der Waals surface area contributed by atoms with Crippen molar-refractivity contribution in [2.45, 2.75) is 0 Å². The van der Waals surface area contributed by atoms with E-state index >= 15 is 0 Å². The summed E-state index contributed by atoms with van der Waals surface area (Å²) in [6.45, 7) is 0.532. The van der Waals surface area contributed by atoms with Gasteiger partial charge < -0.3 is 10.4 Å². The predicted molar refractivity (Wildman–Crippen MR) is 76.8 cm³/mol. The molecule has 0 aliphatic rings. The second kappa shape index (κ2) is 6.85. The Morgan fingerprint density at radius 3 is 2.76 bits per heavy atom. The first-order valence-electron chi connectivity index (χ1n) is 4.87. The first-order chi connectivity index (χ1) is 8.07. The lowest BCUT2D eigenvalue weighted by Gasteiger charge is -2.09. The Morgan fingerprint density at radius 2 is 2.18 bits per heavy atom. The minimum Gasteiger partial charge on any atom is -0.478 e. The first kappa shape index (κ1) is 14.3. The van der Waals surface area contributed by atoms with Gasteiger partial charge in [0.05, 0.1) is 11.1 Å². The van der Waals surface area contributed by atoms with Gasteiger partial charge in [0, 0.05) is 15.9 Å². The maximum absolute atomic E-state index is 11.9. The average molecular weight is 365 g/mol. The number of aromatic carboxylic acids is 1. The maximum Gasteiger partial charge on any atom is 0.336 e. The van der Waals surface area contributed by atoms with Crippen molar-refractivity contribution in [3.8, 4) is 0 Å². The monoisotopic (exact) mass is 365 g/mol. The number of nitrogens with one attached hydrogen (secondary N) is 1. The van der Waals surface area contributed by atoms with Crippen molar-refractivity contribution in [1.29, 1.82) is 0 Å². The minimum absolute atomic E-state index is 0.0403. The molecule has 0 radical (unpaired) electrons. The molecule has 0 atom stereocenters. The molecule has 1 aromatic carbocycles. The van der Waals surface area contributed by atoms with E-state index in [0.29, 0.717) is 10.1 Å². The largest absolute Gasteiger partial charge is 0.478 e. The van der Waals surface area contributed by atoms with Crippen LogP contribution in [-0.4, -0.2) is 35.5 Å². The molecular formula is C11H12INO3S. The molecule has 0 unspecified atom stereocenters. The van der Waals surface area contributed by atoms with Crippen molar-refractivity contribution in [2.75, 3.05) is 18.6 Å². The van der Waals surface area contributed by atoms with Crippen molar-refractivity contribution in [1.82, 2.24) is 5.32 Å². The van der Waals surface area contributed by atoms with Crippen LogP contribution in [0.5, 0.6) is 0 Å². The third-order valence-electron chi connectivity index (χ3n) is 2.06. The number of rotatable bonds is 5. The van der Waals surface area contributed by atoms with E-state index in [-0.39, 0.29) is 17.0 Å². The van der Waals surface area contributed by atoms with Crippen molar-refractivity contribution >= 4 is 46.2 Å². The Balaban J connectivity index is 2.95. The smallest absolute Gasteiger partial charge is 0.336 e. The number of carbonyl (C=O) groups excluding carboxylic acids is 1. The fourth-order valence-corrected chi connectivity index (χ4v) is 2.34. The molecule has 0 saturated heterocycles. The summed E-state index contributed by atoms with van der Waals surface area (Å²) in [6.07, 6.45) is 1.95. The zero-order valence-electron chi connectivity index (χ0n) is 9.20. The molecular weight excluding hydrogens is 353 g/mol. The number of amides is 1. The van der Waals surface area contributed by atoms with Gasteiger partial charge in [-0.25, -0.2) is 4.79 Å². The zero-order valence-corrected chi connectivity index (χ0v) is 12.2. The van der Waals surface area contributed by atoms with Crippen LogP contribution in [0.3, 0.4) is 0 Å². The van der Waals surface area contributed by atoms with Gasteiger partial charge in [-0.05, 0) is 41.0 Å². The highest BCUT2D eigenvalue weighted by Gasteiger charge is 2.18. The number of carboxylic acid groups (broad SMARTS) is 1. The molecule has 1 aromatic rings. The lowest BCUT2D eigenvalue weighted by molar-refractivity contribution is 0.0691. The van der Waals surface area contributed by atoms with Crippen LogP contribution in [0, 0.1) is 3.57 Å². The van der Waals surface area contributed by atoms with Crippen LogP contribution in [0.25, 0.3) is 0 Å². The number of carboxylic acids is 1. The topological polar surface area (TPSA) is 66.4 Å². The molecule has 4 nitrogen and oxygen atoms in total. The highest BCUT2D eigenvalue weighted by Crippen LogP contribution is 2.17. The number of carbonyl (C=O) groups is 2. The Kier molecular flexibility index (Phi) is 5.76. The Hall–Kier alpha value is -0.760. The fraction of sp³-hybridized carbons (Fsp3) is 0.273. The quantitative estimate of drug-likeness (QED) is 0.620. The second-order valence-corrected chi connectivity index (χ2v) is 5.36. The SMILES string of the molecule is CSCCNC(=O)c1c(I)cccc1C(=O)O. The van der Waals surface area contributed by atoms with Gasteiger partial charge in [0.15, 0.2) is 0 Å². The molecule has 0 spiro atoms. The van der Waals surface area contributed by atoms with E-state index in [1.54, 1.807) is 23.9 Å². The van der Waals surface area contributed by atoms with Crippen molar-refractivity contribution < 1.29 is 14.7 Å².